The van der Waals surface area contributed by atoms with Gasteiger partial charge in [-0.1, -0.05) is 317 Å². The second kappa shape index (κ2) is 64.8. The Morgan fingerprint density at radius 1 is 0.270 bits per heavy atom. The van der Waals surface area contributed by atoms with E-state index in [9.17, 15) is 43.2 Å². The minimum Gasteiger partial charge on any atom is -0.462 e. The van der Waals surface area contributed by atoms with Crippen molar-refractivity contribution in [3.63, 3.8) is 0 Å². The van der Waals surface area contributed by atoms with Gasteiger partial charge in [-0.3, -0.25) is 37.3 Å². The summed E-state index contributed by atoms with van der Waals surface area (Å²) in [7, 11) is -9.89. The maximum absolute atomic E-state index is 13.0. The van der Waals surface area contributed by atoms with Crippen molar-refractivity contribution < 1.29 is 80.2 Å². The topological polar surface area (TPSA) is 237 Å². The fourth-order valence-corrected chi connectivity index (χ4v) is 12.3. The molecule has 5 atom stereocenters. The summed E-state index contributed by atoms with van der Waals surface area (Å²) in [4.78, 5) is 72.4. The maximum atomic E-state index is 13.0. The summed E-state index contributed by atoms with van der Waals surface area (Å²) in [6.45, 7) is 4.92. The Kier molecular flexibility index (Phi) is 63.3. The van der Waals surface area contributed by atoms with Gasteiger partial charge in [-0.25, -0.2) is 9.13 Å². The molecule has 19 heteroatoms. The van der Waals surface area contributed by atoms with Crippen molar-refractivity contribution in [3.8, 4) is 0 Å². The minimum atomic E-state index is -4.95. The van der Waals surface area contributed by atoms with E-state index < -0.39 is 97.5 Å². The number of aliphatic hydroxyl groups is 1. The van der Waals surface area contributed by atoms with Crippen molar-refractivity contribution in [1.82, 2.24) is 0 Å². The first-order valence-electron chi connectivity index (χ1n) is 36.8. The smallest absolute Gasteiger partial charge is 0.462 e. The summed E-state index contributed by atoms with van der Waals surface area (Å²) in [5, 5.41) is 10.6. The molecule has 89 heavy (non-hydrogen) atoms. The number of carbonyl (C=O) groups is 4. The number of rotatable bonds is 71. The van der Waals surface area contributed by atoms with E-state index >= 15 is 0 Å². The molecule has 0 rings (SSSR count). The monoisotopic (exact) mass is 1310 g/mol. The summed E-state index contributed by atoms with van der Waals surface area (Å²) >= 11 is 0. The zero-order valence-corrected chi connectivity index (χ0v) is 59.2. The van der Waals surface area contributed by atoms with E-state index in [1.165, 1.54) is 193 Å². The van der Waals surface area contributed by atoms with Crippen LogP contribution in [-0.4, -0.2) is 96.7 Å². The Morgan fingerprint density at radius 3 is 0.663 bits per heavy atom. The molecule has 528 valence electrons. The molecule has 0 amide bonds. The third kappa shape index (κ3) is 64.6. The molecule has 17 nitrogen and oxygen atoms in total. The Balaban J connectivity index is 5.20. The number of carbonyl (C=O) groups excluding carboxylic acids is 4. The number of aliphatic hydroxyl groups excluding tert-OH is 1. The number of ether oxygens (including phenoxy) is 4. The average Bonchev–Trinajstić information content (AvgIpc) is 3.53. The third-order valence-corrected chi connectivity index (χ3v) is 18.3. The lowest BCUT2D eigenvalue weighted by atomic mass is 10.0. The Labute approximate surface area is 543 Å². The van der Waals surface area contributed by atoms with Crippen LogP contribution in [0.4, 0.5) is 0 Å². The quantitative estimate of drug-likeness (QED) is 0.0222. The van der Waals surface area contributed by atoms with Gasteiger partial charge in [0, 0.05) is 25.7 Å². The van der Waals surface area contributed by atoms with E-state index in [0.717, 1.165) is 96.3 Å². The standard InChI is InChI=1S/C70H136O17P2/c1-5-9-13-17-21-25-28-30-32-34-36-38-41-45-49-53-57-70(75)87-66(61-81-68(73)55-51-47-43-40-37-35-33-31-29-26-22-18-14-10-6-2)63-85-89(78,79)83-59-64(71)58-82-88(76,77)84-62-65(60-80-67(72)54-50-46-42-24-20-16-12-8-4)86-69(74)56-52-48-44-39-27-23-19-15-11-7-3/h64-66,71H,5-63H2,1-4H3,(H,76,77)(H,78,79)/t64-,65+,66+/m0/s1. The highest BCUT2D eigenvalue weighted by Gasteiger charge is 2.30. The molecule has 0 aliphatic rings. The molecule has 0 aromatic carbocycles. The lowest BCUT2D eigenvalue weighted by molar-refractivity contribution is -0.161. The first kappa shape index (κ1) is 87.1. The molecule has 0 saturated carbocycles. The normalized spacial score (nSPS) is 14.0. The number of phosphoric acid groups is 2. The first-order valence-corrected chi connectivity index (χ1v) is 39.8. The van der Waals surface area contributed by atoms with Gasteiger partial charge in [-0.05, 0) is 25.7 Å². The van der Waals surface area contributed by atoms with Gasteiger partial charge < -0.3 is 33.8 Å². The van der Waals surface area contributed by atoms with Gasteiger partial charge in [0.05, 0.1) is 26.4 Å². The second-order valence-electron chi connectivity index (χ2n) is 25.3. The van der Waals surface area contributed by atoms with Crippen molar-refractivity contribution in [2.45, 2.75) is 386 Å². The molecule has 0 aromatic heterocycles. The number of unbranched alkanes of at least 4 members (excludes halogenated alkanes) is 45. The number of hydrogen-bond acceptors (Lipinski definition) is 15. The number of esters is 4. The molecule has 0 spiro atoms. The molecular weight excluding hydrogens is 1170 g/mol. The van der Waals surface area contributed by atoms with Crippen molar-refractivity contribution in [1.29, 1.82) is 0 Å². The highest BCUT2D eigenvalue weighted by atomic mass is 31.2. The molecule has 0 fully saturated rings. The van der Waals surface area contributed by atoms with E-state index in [1.807, 2.05) is 0 Å². The first-order chi connectivity index (χ1) is 43.2. The molecule has 3 N–H and O–H groups in total. The molecule has 0 radical (unpaired) electrons. The van der Waals surface area contributed by atoms with Crippen LogP contribution in [0.5, 0.6) is 0 Å². The van der Waals surface area contributed by atoms with Crippen LogP contribution in [0.2, 0.25) is 0 Å². The van der Waals surface area contributed by atoms with E-state index in [1.54, 1.807) is 0 Å². The third-order valence-electron chi connectivity index (χ3n) is 16.4. The Bertz CT molecular complexity index is 1710. The highest BCUT2D eigenvalue weighted by Crippen LogP contribution is 2.45. The summed E-state index contributed by atoms with van der Waals surface area (Å²) in [6.07, 6.45) is 52.7. The minimum absolute atomic E-state index is 0.107. The number of hydrogen-bond donors (Lipinski definition) is 3. The van der Waals surface area contributed by atoms with Gasteiger partial charge in [0.25, 0.3) is 0 Å². The predicted molar refractivity (Wildman–Crippen MR) is 359 cm³/mol. The fourth-order valence-electron chi connectivity index (χ4n) is 10.7. The van der Waals surface area contributed by atoms with E-state index in [2.05, 4.69) is 27.7 Å². The van der Waals surface area contributed by atoms with Crippen LogP contribution < -0.4 is 0 Å². The van der Waals surface area contributed by atoms with Crippen molar-refractivity contribution in [3.05, 3.63) is 0 Å². The van der Waals surface area contributed by atoms with Gasteiger partial charge in [-0.15, -0.1) is 0 Å². The number of phosphoric ester groups is 2. The van der Waals surface area contributed by atoms with Crippen LogP contribution in [0.25, 0.3) is 0 Å². The fraction of sp³-hybridized carbons (Fsp3) is 0.943. The van der Waals surface area contributed by atoms with E-state index in [0.29, 0.717) is 25.7 Å². The zero-order valence-electron chi connectivity index (χ0n) is 57.4. The largest absolute Gasteiger partial charge is 0.472 e. The maximum Gasteiger partial charge on any atom is 0.472 e. The van der Waals surface area contributed by atoms with Crippen LogP contribution in [0.3, 0.4) is 0 Å². The molecule has 2 unspecified atom stereocenters. The molecule has 0 bridgehead atoms. The highest BCUT2D eigenvalue weighted by molar-refractivity contribution is 7.47. The van der Waals surface area contributed by atoms with Gasteiger partial charge in [0.2, 0.25) is 0 Å². The van der Waals surface area contributed by atoms with Gasteiger partial charge in [0.15, 0.2) is 12.2 Å². The summed E-state index contributed by atoms with van der Waals surface area (Å²) in [5.74, 6) is -2.12. The van der Waals surface area contributed by atoms with Crippen LogP contribution >= 0.6 is 15.6 Å². The second-order valence-corrected chi connectivity index (χ2v) is 28.2. The SMILES string of the molecule is CCCCCCCCCCCCCCCCCCC(=O)O[C@H](COC(=O)CCCCCCCCCCCCCCCCC)COP(=O)(O)OC[C@@H](O)COP(=O)(O)OC[C@@H](COC(=O)CCCCCCCCCC)OC(=O)CCCCCCCCCCCC. The van der Waals surface area contributed by atoms with Crippen LogP contribution in [-0.2, 0) is 65.4 Å². The molecule has 0 aromatic rings. The van der Waals surface area contributed by atoms with Gasteiger partial charge in [0.1, 0.15) is 19.3 Å². The summed E-state index contributed by atoms with van der Waals surface area (Å²) in [5.41, 5.74) is 0. The lowest BCUT2D eigenvalue weighted by Crippen LogP contribution is -2.30. The molecular formula is C70H136O17P2. The molecule has 0 aliphatic carbocycles. The van der Waals surface area contributed by atoms with Crippen molar-refractivity contribution in [2.24, 2.45) is 0 Å². The van der Waals surface area contributed by atoms with Crippen LogP contribution in [0, 0.1) is 0 Å². The lowest BCUT2D eigenvalue weighted by Gasteiger charge is -2.21. The van der Waals surface area contributed by atoms with E-state index in [4.69, 9.17) is 37.0 Å². The van der Waals surface area contributed by atoms with Crippen molar-refractivity contribution >= 4 is 39.5 Å². The molecule has 0 aliphatic heterocycles. The van der Waals surface area contributed by atoms with Crippen LogP contribution in [0.15, 0.2) is 0 Å². The Morgan fingerprint density at radius 2 is 0.449 bits per heavy atom. The van der Waals surface area contributed by atoms with Crippen LogP contribution in [0.1, 0.15) is 368 Å². The Hall–Kier alpha value is -1.94. The molecule has 0 saturated heterocycles. The summed E-state index contributed by atoms with van der Waals surface area (Å²) < 4.78 is 68.2. The molecule has 0 heterocycles. The summed E-state index contributed by atoms with van der Waals surface area (Å²) in [6, 6.07) is 0. The van der Waals surface area contributed by atoms with Gasteiger partial charge >= 0.3 is 39.5 Å². The average molecular weight is 1310 g/mol. The zero-order chi connectivity index (χ0) is 65.4. The van der Waals surface area contributed by atoms with E-state index in [-0.39, 0.29) is 25.7 Å². The van der Waals surface area contributed by atoms with Crippen molar-refractivity contribution in [2.75, 3.05) is 39.6 Å². The van der Waals surface area contributed by atoms with Gasteiger partial charge in [-0.2, -0.15) is 0 Å². The predicted octanol–water partition coefficient (Wildman–Crippen LogP) is 20.3.